The van der Waals surface area contributed by atoms with Gasteiger partial charge in [0.15, 0.2) is 5.05 Å². The summed E-state index contributed by atoms with van der Waals surface area (Å²) in [6.07, 6.45) is -1.95. The molecule has 1 aromatic carbocycles. The summed E-state index contributed by atoms with van der Waals surface area (Å²) in [5.74, 6) is 2.96. The highest BCUT2D eigenvalue weighted by atomic mass is 32.1. The lowest BCUT2D eigenvalue weighted by atomic mass is 10.1. The molecule has 1 fully saturated rings. The van der Waals surface area contributed by atoms with Gasteiger partial charge in [-0.1, -0.05) is 5.92 Å². The van der Waals surface area contributed by atoms with Gasteiger partial charge in [0, 0.05) is 18.2 Å². The largest absolute Gasteiger partial charge is 0.488 e. The molecule has 0 saturated carbocycles. The Morgan fingerprint density at radius 3 is 2.50 bits per heavy atom. The first-order valence-electron chi connectivity index (χ1n) is 10.9. The number of ether oxygens (including phenoxy) is 4. The molecule has 8 nitrogen and oxygen atoms in total. The van der Waals surface area contributed by atoms with Gasteiger partial charge in [0.2, 0.25) is 0 Å². The fourth-order valence-corrected chi connectivity index (χ4v) is 3.71. The molecule has 0 radical (unpaired) electrons. The smallest absolute Gasteiger partial charge is 0.423 e. The summed E-state index contributed by atoms with van der Waals surface area (Å²) in [4.78, 5) is 25.5. The summed E-state index contributed by atoms with van der Waals surface area (Å²) in [5, 5.41) is 0.153. The van der Waals surface area contributed by atoms with E-state index in [0.717, 1.165) is 0 Å². The quantitative estimate of drug-likeness (QED) is 0.437. The molecule has 1 aromatic heterocycles. The maximum absolute atomic E-state index is 13.2. The molecular weight excluding hydrogens is 501 g/mol. The van der Waals surface area contributed by atoms with Gasteiger partial charge in [-0.2, -0.15) is 13.2 Å². The van der Waals surface area contributed by atoms with Crippen LogP contribution < -0.4 is 16.0 Å². The van der Waals surface area contributed by atoms with Crippen molar-refractivity contribution in [1.82, 2.24) is 9.55 Å². The van der Waals surface area contributed by atoms with Crippen LogP contribution in [0.2, 0.25) is 0 Å². The number of terminal acetylenes is 1. The van der Waals surface area contributed by atoms with E-state index in [0.29, 0.717) is 22.1 Å². The van der Waals surface area contributed by atoms with Crippen LogP contribution in [0, 0.1) is 12.3 Å². The highest BCUT2D eigenvalue weighted by Gasteiger charge is 2.40. The Labute approximate surface area is 210 Å². The second kappa shape index (κ2) is 10.9. The summed E-state index contributed by atoms with van der Waals surface area (Å²) < 4.78 is 63.0. The Balaban J connectivity index is 1.73. The average molecular weight is 527 g/mol. The van der Waals surface area contributed by atoms with E-state index in [-0.39, 0.29) is 30.3 Å². The summed E-state index contributed by atoms with van der Waals surface area (Å²) in [6, 6.07) is 6.95. The Hall–Kier alpha value is -3.14. The molecule has 0 unspecified atom stereocenters. The molecule has 0 amide bonds. The Kier molecular flexibility index (Phi) is 8.28. The summed E-state index contributed by atoms with van der Waals surface area (Å²) in [6.45, 7) is 5.56. The molecule has 1 aliphatic rings. The first-order chi connectivity index (χ1) is 16.8. The molecule has 1 saturated heterocycles. The first kappa shape index (κ1) is 27.4. The molecule has 3 rings (SSSR count). The van der Waals surface area contributed by atoms with Crippen molar-refractivity contribution in [3.8, 4) is 18.1 Å². The van der Waals surface area contributed by atoms with Crippen molar-refractivity contribution in [2.45, 2.75) is 57.4 Å². The van der Waals surface area contributed by atoms with Crippen LogP contribution in [0.1, 0.15) is 44.5 Å². The molecule has 1 N–H and O–H groups in total. The van der Waals surface area contributed by atoms with Gasteiger partial charge < -0.3 is 18.9 Å². The molecule has 1 aliphatic heterocycles. The number of benzene rings is 1. The minimum atomic E-state index is -4.96. The zero-order valence-corrected chi connectivity index (χ0v) is 20.6. The lowest BCUT2D eigenvalue weighted by Crippen LogP contribution is -2.36. The highest BCUT2D eigenvalue weighted by molar-refractivity contribution is 7.80. The number of thiocarbonyl (C=S) groups is 1. The Bertz CT molecular complexity index is 1240. The van der Waals surface area contributed by atoms with Crippen molar-refractivity contribution in [2.75, 3.05) is 13.2 Å². The van der Waals surface area contributed by atoms with Gasteiger partial charge >= 0.3 is 11.9 Å². The molecule has 3 atom stereocenters. The van der Waals surface area contributed by atoms with E-state index in [2.05, 4.69) is 5.92 Å². The number of alkyl halides is 3. The number of rotatable bonds is 7. The third-order valence-electron chi connectivity index (χ3n) is 5.04. The van der Waals surface area contributed by atoms with Crippen LogP contribution in [0.4, 0.5) is 13.2 Å². The molecule has 0 spiro atoms. The molecule has 2 heterocycles. The first-order valence-corrected chi connectivity index (χ1v) is 11.3. The van der Waals surface area contributed by atoms with Gasteiger partial charge in [-0.25, -0.2) is 4.79 Å². The molecule has 2 aromatic rings. The molecule has 0 bridgehead atoms. The van der Waals surface area contributed by atoms with Gasteiger partial charge in [-0.05, 0) is 57.3 Å². The normalized spacial score (nSPS) is 20.1. The number of aromatic nitrogens is 2. The minimum absolute atomic E-state index is 0.00937. The lowest BCUT2D eigenvalue weighted by Gasteiger charge is -2.21. The molecule has 0 aliphatic carbocycles. The average Bonchev–Trinajstić information content (AvgIpc) is 3.17. The van der Waals surface area contributed by atoms with Crippen molar-refractivity contribution in [2.24, 2.45) is 0 Å². The number of nitrogens with one attached hydrogen (secondary N) is 1. The lowest BCUT2D eigenvalue weighted by molar-refractivity contribution is -0.139. The summed E-state index contributed by atoms with van der Waals surface area (Å²) >= 11 is 5.34. The van der Waals surface area contributed by atoms with Crippen LogP contribution in [0.15, 0.2) is 40.1 Å². The Morgan fingerprint density at radius 1 is 1.25 bits per heavy atom. The van der Waals surface area contributed by atoms with Gasteiger partial charge in [0.25, 0.3) is 5.56 Å². The van der Waals surface area contributed by atoms with E-state index in [9.17, 15) is 22.8 Å². The van der Waals surface area contributed by atoms with Gasteiger partial charge in [0.05, 0.1) is 6.10 Å². The van der Waals surface area contributed by atoms with Crippen LogP contribution in [0.3, 0.4) is 0 Å². The van der Waals surface area contributed by atoms with E-state index in [4.69, 9.17) is 37.6 Å². The predicted molar refractivity (Wildman–Crippen MR) is 128 cm³/mol. The number of hydrogen-bond donors (Lipinski definition) is 1. The fraction of sp³-hybridized carbons (Fsp3) is 0.458. The number of aromatic amines is 1. The second-order valence-corrected chi connectivity index (χ2v) is 9.33. The van der Waals surface area contributed by atoms with Crippen molar-refractivity contribution in [3.05, 3.63) is 62.4 Å². The SMILES string of the molecule is C#CCO[C@H]1C[C@H](n2cc(C(F)(F)F)c(=O)[nH]c2=O)O[C@@H]1COC(=S)c1ccc(OC(C)(C)C)cc1. The summed E-state index contributed by atoms with van der Waals surface area (Å²) in [5.41, 5.74) is -3.87. The topological polar surface area (TPSA) is 91.8 Å². The third-order valence-corrected chi connectivity index (χ3v) is 5.39. The maximum Gasteiger partial charge on any atom is 0.423 e. The zero-order valence-electron chi connectivity index (χ0n) is 19.8. The number of halogens is 3. The van der Waals surface area contributed by atoms with Crippen LogP contribution >= 0.6 is 12.2 Å². The highest BCUT2D eigenvalue weighted by Crippen LogP contribution is 2.32. The van der Waals surface area contributed by atoms with Crippen molar-refractivity contribution < 1.29 is 32.1 Å². The van der Waals surface area contributed by atoms with Crippen LogP contribution in [0.5, 0.6) is 5.75 Å². The fourth-order valence-electron chi connectivity index (χ4n) is 3.51. The van der Waals surface area contributed by atoms with E-state index < -0.39 is 41.4 Å². The second-order valence-electron chi connectivity index (χ2n) is 8.96. The number of H-pyrrole nitrogens is 1. The monoisotopic (exact) mass is 526 g/mol. The standard InChI is InChI=1S/C24H25F3N2O6S/c1-5-10-32-17-11-19(29-12-16(24(25,26)27)20(30)28-22(29)31)34-18(17)13-33-21(36)14-6-8-15(9-7-14)35-23(2,3)4/h1,6-9,12,17-19H,10-11,13H2,2-4H3,(H,28,30,31)/t17-,18+,19+/m0/s1. The van der Waals surface area contributed by atoms with Crippen LogP contribution in [-0.4, -0.2) is 45.6 Å². The van der Waals surface area contributed by atoms with Gasteiger partial charge in [-0.15, -0.1) is 6.42 Å². The molecule has 12 heteroatoms. The minimum Gasteiger partial charge on any atom is -0.488 e. The number of hydrogen-bond acceptors (Lipinski definition) is 7. The van der Waals surface area contributed by atoms with E-state index in [1.807, 2.05) is 20.8 Å². The van der Waals surface area contributed by atoms with Crippen molar-refractivity contribution >= 4 is 17.3 Å². The van der Waals surface area contributed by atoms with Gasteiger partial charge in [-0.3, -0.25) is 14.3 Å². The molecule has 36 heavy (non-hydrogen) atoms. The molecule has 194 valence electrons. The van der Waals surface area contributed by atoms with Crippen LogP contribution in [0.25, 0.3) is 0 Å². The maximum atomic E-state index is 13.2. The van der Waals surface area contributed by atoms with E-state index >= 15 is 0 Å². The Morgan fingerprint density at radius 2 is 1.92 bits per heavy atom. The van der Waals surface area contributed by atoms with E-state index in [1.54, 1.807) is 29.2 Å². The van der Waals surface area contributed by atoms with Gasteiger partial charge in [0.1, 0.15) is 42.5 Å². The summed E-state index contributed by atoms with van der Waals surface area (Å²) in [7, 11) is 0. The number of nitrogens with zero attached hydrogens (tertiary/aromatic N) is 1. The van der Waals surface area contributed by atoms with E-state index in [1.165, 1.54) is 0 Å². The third kappa shape index (κ3) is 6.96. The van der Waals surface area contributed by atoms with Crippen molar-refractivity contribution in [3.63, 3.8) is 0 Å². The molecular formula is C24H25F3N2O6S. The predicted octanol–water partition coefficient (Wildman–Crippen LogP) is 3.43. The van der Waals surface area contributed by atoms with Crippen molar-refractivity contribution in [1.29, 1.82) is 0 Å². The zero-order chi connectivity index (χ0) is 26.7. The van der Waals surface area contributed by atoms with Crippen LogP contribution in [-0.2, 0) is 20.4 Å².